The first-order valence-electron chi connectivity index (χ1n) is 6.55. The molecule has 0 aromatic carbocycles. The molecule has 3 heterocycles. The van der Waals surface area contributed by atoms with Gasteiger partial charge in [-0.2, -0.15) is 5.26 Å². The maximum Gasteiger partial charge on any atom is 0.215 e. The van der Waals surface area contributed by atoms with Crippen LogP contribution < -0.4 is 0 Å². The maximum absolute atomic E-state index is 9.63. The first kappa shape index (κ1) is 16.5. The van der Waals surface area contributed by atoms with Crippen LogP contribution in [0.4, 0.5) is 0 Å². The van der Waals surface area contributed by atoms with Gasteiger partial charge in [0.15, 0.2) is 5.16 Å². The van der Waals surface area contributed by atoms with E-state index in [1.54, 1.807) is 7.05 Å². The van der Waals surface area contributed by atoms with Gasteiger partial charge in [-0.15, -0.1) is 22.9 Å². The number of nitrogens with zero attached hydrogens (tertiary/aromatic N) is 7. The molecule has 0 atom stereocenters. The van der Waals surface area contributed by atoms with E-state index in [2.05, 4.69) is 37.5 Å². The second kappa shape index (κ2) is 7.45. The molecule has 0 spiro atoms. The fraction of sp³-hybridized carbons (Fsp3) is 0.143. The molecule has 0 bridgehead atoms. The lowest BCUT2D eigenvalue weighted by Gasteiger charge is -2.08. The number of rotatable bonds is 5. The Morgan fingerprint density at radius 2 is 2.29 bits per heavy atom. The SMILES string of the molecule is C#CCSc1nc(Sc2nnnn2C)c(C#N)c(-c2cccs2)n1. The molecule has 0 unspecified atom stereocenters. The molecule has 10 heteroatoms. The summed E-state index contributed by atoms with van der Waals surface area (Å²) in [6.45, 7) is 0. The number of tetrazole rings is 1. The molecule has 0 aliphatic rings. The summed E-state index contributed by atoms with van der Waals surface area (Å²) in [7, 11) is 1.73. The van der Waals surface area contributed by atoms with Crippen molar-refractivity contribution in [1.82, 2.24) is 30.2 Å². The van der Waals surface area contributed by atoms with E-state index in [1.165, 1.54) is 39.5 Å². The Hall–Kier alpha value is -2.40. The molecule has 0 amide bonds. The lowest BCUT2D eigenvalue weighted by atomic mass is 10.2. The van der Waals surface area contributed by atoms with Crippen LogP contribution in [0.15, 0.2) is 32.9 Å². The summed E-state index contributed by atoms with van der Waals surface area (Å²) >= 11 is 4.08. The van der Waals surface area contributed by atoms with Crippen LogP contribution in [0.3, 0.4) is 0 Å². The van der Waals surface area contributed by atoms with E-state index < -0.39 is 0 Å². The van der Waals surface area contributed by atoms with Crippen molar-refractivity contribution in [2.24, 2.45) is 7.05 Å². The predicted octanol–water partition coefficient (Wildman–Crippen LogP) is 2.48. The average Bonchev–Trinajstić information content (AvgIpc) is 3.25. The zero-order valence-electron chi connectivity index (χ0n) is 12.4. The van der Waals surface area contributed by atoms with Gasteiger partial charge >= 0.3 is 0 Å². The van der Waals surface area contributed by atoms with Crippen molar-refractivity contribution in [3.05, 3.63) is 23.1 Å². The van der Waals surface area contributed by atoms with Crippen molar-refractivity contribution >= 4 is 34.9 Å². The number of aromatic nitrogens is 6. The number of thiophene rings is 1. The molecular weight excluding hydrogens is 362 g/mol. The lowest BCUT2D eigenvalue weighted by molar-refractivity contribution is 0.664. The van der Waals surface area contributed by atoms with Crippen molar-refractivity contribution in [2.75, 3.05) is 5.75 Å². The fourth-order valence-corrected chi connectivity index (χ4v) is 3.85. The Kier molecular flexibility index (Phi) is 5.11. The molecule has 0 fully saturated rings. The molecule has 0 aliphatic heterocycles. The summed E-state index contributed by atoms with van der Waals surface area (Å²) in [5.41, 5.74) is 0.996. The van der Waals surface area contributed by atoms with Gasteiger partial charge in [-0.3, -0.25) is 0 Å². The second-order valence-electron chi connectivity index (χ2n) is 4.30. The van der Waals surface area contributed by atoms with Gasteiger partial charge in [-0.1, -0.05) is 23.7 Å². The largest absolute Gasteiger partial charge is 0.223 e. The minimum Gasteiger partial charge on any atom is -0.223 e. The Morgan fingerprint density at radius 3 is 2.92 bits per heavy atom. The van der Waals surface area contributed by atoms with E-state index in [0.717, 1.165) is 4.88 Å². The van der Waals surface area contributed by atoms with Crippen LogP contribution in [0.1, 0.15) is 5.56 Å². The van der Waals surface area contributed by atoms with Gasteiger partial charge < -0.3 is 0 Å². The van der Waals surface area contributed by atoms with E-state index in [0.29, 0.717) is 32.3 Å². The van der Waals surface area contributed by atoms with E-state index in [-0.39, 0.29) is 0 Å². The van der Waals surface area contributed by atoms with Crippen molar-refractivity contribution in [1.29, 1.82) is 5.26 Å². The van der Waals surface area contributed by atoms with Crippen molar-refractivity contribution in [3.63, 3.8) is 0 Å². The second-order valence-corrected chi connectivity index (χ2v) is 7.15. The molecule has 24 heavy (non-hydrogen) atoms. The molecular formula is C14H9N7S3. The zero-order chi connectivity index (χ0) is 16.9. The summed E-state index contributed by atoms with van der Waals surface area (Å²) in [6, 6.07) is 6.03. The highest BCUT2D eigenvalue weighted by Crippen LogP contribution is 2.35. The van der Waals surface area contributed by atoms with Gasteiger partial charge in [0.05, 0.1) is 10.6 Å². The first-order valence-corrected chi connectivity index (χ1v) is 9.23. The number of hydrogen-bond acceptors (Lipinski definition) is 9. The van der Waals surface area contributed by atoms with Gasteiger partial charge in [0, 0.05) is 7.05 Å². The summed E-state index contributed by atoms with van der Waals surface area (Å²) in [5.74, 6) is 3.00. The molecule has 7 nitrogen and oxygen atoms in total. The average molecular weight is 371 g/mol. The Balaban J connectivity index is 2.11. The monoisotopic (exact) mass is 371 g/mol. The quantitative estimate of drug-likeness (QED) is 0.292. The number of aryl methyl sites for hydroxylation is 1. The third-order valence-corrected chi connectivity index (χ3v) is 5.42. The van der Waals surface area contributed by atoms with Crippen molar-refractivity contribution in [2.45, 2.75) is 15.3 Å². The van der Waals surface area contributed by atoms with Crippen LogP contribution in [0, 0.1) is 23.7 Å². The summed E-state index contributed by atoms with van der Waals surface area (Å²) in [4.78, 5) is 9.87. The smallest absolute Gasteiger partial charge is 0.215 e. The topological polar surface area (TPSA) is 93.2 Å². The van der Waals surface area contributed by atoms with Gasteiger partial charge in [0.25, 0.3) is 0 Å². The summed E-state index contributed by atoms with van der Waals surface area (Å²) in [6.07, 6.45) is 5.32. The molecule has 3 aromatic rings. The van der Waals surface area contributed by atoms with E-state index >= 15 is 0 Å². The zero-order valence-corrected chi connectivity index (χ0v) is 14.8. The Morgan fingerprint density at radius 1 is 1.42 bits per heavy atom. The molecule has 3 rings (SSSR count). The van der Waals surface area contributed by atoms with Crippen molar-refractivity contribution in [3.8, 4) is 29.0 Å². The third-order valence-electron chi connectivity index (χ3n) is 2.78. The van der Waals surface area contributed by atoms with Gasteiger partial charge in [-0.25, -0.2) is 14.6 Å². The molecule has 0 aliphatic carbocycles. The standard InChI is InChI=1S/C14H9N7S3/c1-3-6-23-13-16-11(10-5-4-7-22-10)9(8-15)12(17-13)24-14-18-19-20-21(14)2/h1,4-5,7H,6H2,2H3. The van der Waals surface area contributed by atoms with E-state index in [1.807, 2.05) is 17.5 Å². The molecule has 118 valence electrons. The van der Waals surface area contributed by atoms with Crippen LogP contribution in [0.25, 0.3) is 10.6 Å². The van der Waals surface area contributed by atoms with E-state index in [9.17, 15) is 5.26 Å². The summed E-state index contributed by atoms with van der Waals surface area (Å²) in [5, 5.41) is 24.5. The highest BCUT2D eigenvalue weighted by atomic mass is 32.2. The van der Waals surface area contributed by atoms with Crippen LogP contribution in [0.2, 0.25) is 0 Å². The number of thioether (sulfide) groups is 1. The number of nitriles is 1. The maximum atomic E-state index is 9.63. The minimum absolute atomic E-state index is 0.399. The Bertz CT molecular complexity index is 934. The van der Waals surface area contributed by atoms with Crippen LogP contribution in [-0.4, -0.2) is 35.9 Å². The highest BCUT2D eigenvalue weighted by molar-refractivity contribution is 7.99. The molecule has 0 saturated heterocycles. The fourth-order valence-electron chi connectivity index (χ4n) is 1.75. The highest BCUT2D eigenvalue weighted by Gasteiger charge is 2.19. The summed E-state index contributed by atoms with van der Waals surface area (Å²) < 4.78 is 1.52. The normalized spacial score (nSPS) is 10.3. The van der Waals surface area contributed by atoms with E-state index in [4.69, 9.17) is 6.42 Å². The van der Waals surface area contributed by atoms with Gasteiger partial charge in [0.2, 0.25) is 5.16 Å². The van der Waals surface area contributed by atoms with Gasteiger partial charge in [0.1, 0.15) is 22.4 Å². The molecule has 0 saturated carbocycles. The lowest BCUT2D eigenvalue weighted by Crippen LogP contribution is -2.00. The van der Waals surface area contributed by atoms with Crippen LogP contribution in [0.5, 0.6) is 0 Å². The first-order chi connectivity index (χ1) is 11.7. The minimum atomic E-state index is 0.399. The number of terminal acetylenes is 1. The molecule has 0 N–H and O–H groups in total. The van der Waals surface area contributed by atoms with Crippen LogP contribution in [-0.2, 0) is 7.05 Å². The number of hydrogen-bond donors (Lipinski definition) is 0. The molecule has 3 aromatic heterocycles. The molecule has 0 radical (unpaired) electrons. The third kappa shape index (κ3) is 3.41. The van der Waals surface area contributed by atoms with Crippen LogP contribution >= 0.6 is 34.9 Å². The van der Waals surface area contributed by atoms with Crippen molar-refractivity contribution < 1.29 is 0 Å². The Labute approximate surface area is 150 Å². The van der Waals surface area contributed by atoms with Gasteiger partial charge in [-0.05, 0) is 33.6 Å². The predicted molar refractivity (Wildman–Crippen MR) is 92.5 cm³/mol.